The zero-order chi connectivity index (χ0) is 16.8. The molecular formula is C17H23N5O2. The fraction of sp³-hybridized carbons (Fsp3) is 0.471. The molecule has 0 unspecified atom stereocenters. The molecule has 0 bridgehead atoms. The molecule has 24 heavy (non-hydrogen) atoms. The first-order valence-corrected chi connectivity index (χ1v) is 8.34. The predicted molar refractivity (Wildman–Crippen MR) is 89.2 cm³/mol. The lowest BCUT2D eigenvalue weighted by atomic mass is 9.97. The van der Waals surface area contributed by atoms with E-state index >= 15 is 0 Å². The Kier molecular flexibility index (Phi) is 5.43. The van der Waals surface area contributed by atoms with Crippen molar-refractivity contribution in [3.8, 4) is 0 Å². The molecule has 2 heterocycles. The molecule has 1 fully saturated rings. The van der Waals surface area contributed by atoms with Crippen molar-refractivity contribution in [3.05, 3.63) is 48.0 Å². The van der Waals surface area contributed by atoms with Gasteiger partial charge in [-0.1, -0.05) is 30.3 Å². The molecule has 0 aliphatic carbocycles. The summed E-state index contributed by atoms with van der Waals surface area (Å²) in [5, 5.41) is 13.7. The second kappa shape index (κ2) is 7.92. The number of carbonyl (C=O) groups excluding carboxylic acids is 1. The molecule has 0 radical (unpaired) electrons. The van der Waals surface area contributed by atoms with Crippen LogP contribution in [0.3, 0.4) is 0 Å². The third kappa shape index (κ3) is 4.11. The van der Waals surface area contributed by atoms with Gasteiger partial charge in [0.1, 0.15) is 6.33 Å². The Bertz CT molecular complexity index is 658. The molecule has 1 aliphatic rings. The predicted octanol–water partition coefficient (Wildman–Crippen LogP) is 2.02. The second-order valence-electron chi connectivity index (χ2n) is 5.85. The van der Waals surface area contributed by atoms with Crippen molar-refractivity contribution in [1.82, 2.24) is 25.4 Å². The summed E-state index contributed by atoms with van der Waals surface area (Å²) in [4.78, 5) is 12.1. The fourth-order valence-electron chi connectivity index (χ4n) is 2.90. The monoisotopic (exact) mass is 329 g/mol. The molecule has 2 amide bonds. The van der Waals surface area contributed by atoms with Crippen LogP contribution < -0.4 is 10.6 Å². The normalized spacial score (nSPS) is 20.5. The zero-order valence-corrected chi connectivity index (χ0v) is 13.8. The van der Waals surface area contributed by atoms with Crippen LogP contribution in [-0.4, -0.2) is 33.4 Å². The van der Waals surface area contributed by atoms with Crippen molar-refractivity contribution < 1.29 is 9.53 Å². The number of carbonyl (C=O) groups is 1. The van der Waals surface area contributed by atoms with Crippen molar-refractivity contribution in [2.75, 3.05) is 6.61 Å². The molecule has 0 spiro atoms. The van der Waals surface area contributed by atoms with Gasteiger partial charge < -0.3 is 19.9 Å². The maximum Gasteiger partial charge on any atom is 0.315 e. The van der Waals surface area contributed by atoms with Gasteiger partial charge in [0.15, 0.2) is 5.82 Å². The Morgan fingerprint density at radius 2 is 2.21 bits per heavy atom. The van der Waals surface area contributed by atoms with E-state index in [-0.39, 0.29) is 18.2 Å². The summed E-state index contributed by atoms with van der Waals surface area (Å²) >= 11 is 0. The summed E-state index contributed by atoms with van der Waals surface area (Å²) in [5.41, 5.74) is 1.15. The van der Waals surface area contributed by atoms with Gasteiger partial charge in [-0.3, -0.25) is 0 Å². The molecule has 1 aromatic heterocycles. The topological polar surface area (TPSA) is 81.1 Å². The molecule has 1 aromatic carbocycles. The average Bonchev–Trinajstić information content (AvgIpc) is 3.08. The SMILES string of the molecule is CCn1cnnc1CNC(=O)N[C@@H]1CCO[C@H](c2ccccc2)C1. The van der Waals surface area contributed by atoms with Crippen LogP contribution in [0.2, 0.25) is 0 Å². The number of nitrogens with one attached hydrogen (secondary N) is 2. The van der Waals surface area contributed by atoms with Crippen LogP contribution >= 0.6 is 0 Å². The van der Waals surface area contributed by atoms with E-state index in [1.807, 2.05) is 29.7 Å². The lowest BCUT2D eigenvalue weighted by Gasteiger charge is -2.30. The summed E-state index contributed by atoms with van der Waals surface area (Å²) in [6, 6.07) is 10.0. The molecule has 2 N–H and O–H groups in total. The number of rotatable bonds is 5. The fourth-order valence-corrected chi connectivity index (χ4v) is 2.90. The van der Waals surface area contributed by atoms with Crippen LogP contribution in [0.1, 0.15) is 37.3 Å². The van der Waals surface area contributed by atoms with Crippen molar-refractivity contribution in [3.63, 3.8) is 0 Å². The molecule has 3 rings (SSSR count). The number of hydrogen-bond donors (Lipinski definition) is 2. The zero-order valence-electron chi connectivity index (χ0n) is 13.8. The minimum atomic E-state index is -0.181. The molecule has 7 heteroatoms. The maximum absolute atomic E-state index is 12.1. The smallest absolute Gasteiger partial charge is 0.315 e. The van der Waals surface area contributed by atoms with E-state index in [2.05, 4.69) is 33.0 Å². The van der Waals surface area contributed by atoms with Gasteiger partial charge in [0, 0.05) is 19.2 Å². The molecular weight excluding hydrogens is 306 g/mol. The van der Waals surface area contributed by atoms with Crippen molar-refractivity contribution in [2.45, 2.75) is 45.0 Å². The Morgan fingerprint density at radius 3 is 3.00 bits per heavy atom. The van der Waals surface area contributed by atoms with Gasteiger partial charge in [0.2, 0.25) is 0 Å². The van der Waals surface area contributed by atoms with Crippen LogP contribution in [0.5, 0.6) is 0 Å². The largest absolute Gasteiger partial charge is 0.373 e. The summed E-state index contributed by atoms with van der Waals surface area (Å²) in [6.07, 6.45) is 3.30. The van der Waals surface area contributed by atoms with Gasteiger partial charge in [0.05, 0.1) is 12.6 Å². The molecule has 0 saturated carbocycles. The number of benzene rings is 1. The molecule has 1 aliphatic heterocycles. The molecule has 128 valence electrons. The number of urea groups is 1. The van der Waals surface area contributed by atoms with Crippen LogP contribution in [0.4, 0.5) is 4.79 Å². The van der Waals surface area contributed by atoms with Crippen molar-refractivity contribution in [1.29, 1.82) is 0 Å². The third-order valence-corrected chi connectivity index (χ3v) is 4.23. The van der Waals surface area contributed by atoms with Crippen LogP contribution in [-0.2, 0) is 17.8 Å². The van der Waals surface area contributed by atoms with Gasteiger partial charge in [-0.05, 0) is 25.3 Å². The quantitative estimate of drug-likeness (QED) is 0.879. The number of aromatic nitrogens is 3. The highest BCUT2D eigenvalue weighted by molar-refractivity contribution is 5.74. The third-order valence-electron chi connectivity index (χ3n) is 4.23. The second-order valence-corrected chi connectivity index (χ2v) is 5.85. The van der Waals surface area contributed by atoms with E-state index < -0.39 is 0 Å². The average molecular weight is 329 g/mol. The van der Waals surface area contributed by atoms with E-state index in [1.54, 1.807) is 6.33 Å². The first-order valence-electron chi connectivity index (χ1n) is 8.34. The summed E-state index contributed by atoms with van der Waals surface area (Å²) < 4.78 is 7.73. The van der Waals surface area contributed by atoms with Crippen LogP contribution in [0.25, 0.3) is 0 Å². The number of aryl methyl sites for hydroxylation is 1. The van der Waals surface area contributed by atoms with Gasteiger partial charge in [0.25, 0.3) is 0 Å². The highest BCUT2D eigenvalue weighted by Crippen LogP contribution is 2.27. The lowest BCUT2D eigenvalue weighted by Crippen LogP contribution is -2.45. The van der Waals surface area contributed by atoms with E-state index in [4.69, 9.17) is 4.74 Å². The molecule has 1 saturated heterocycles. The molecule has 7 nitrogen and oxygen atoms in total. The van der Waals surface area contributed by atoms with Crippen LogP contribution in [0.15, 0.2) is 36.7 Å². The Balaban J connectivity index is 1.49. The highest BCUT2D eigenvalue weighted by atomic mass is 16.5. The van der Waals surface area contributed by atoms with Gasteiger partial charge in [-0.25, -0.2) is 4.79 Å². The molecule has 2 aromatic rings. The van der Waals surface area contributed by atoms with E-state index in [9.17, 15) is 4.79 Å². The van der Waals surface area contributed by atoms with Crippen LogP contribution in [0, 0.1) is 0 Å². The maximum atomic E-state index is 12.1. The Labute approximate surface area is 141 Å². The minimum absolute atomic E-state index is 0.0356. The number of ether oxygens (including phenoxy) is 1. The minimum Gasteiger partial charge on any atom is -0.373 e. The summed E-state index contributed by atoms with van der Waals surface area (Å²) in [7, 11) is 0. The highest BCUT2D eigenvalue weighted by Gasteiger charge is 2.25. The first kappa shape index (κ1) is 16.4. The summed E-state index contributed by atoms with van der Waals surface area (Å²) in [5.74, 6) is 0.752. The van der Waals surface area contributed by atoms with Crippen molar-refractivity contribution in [2.24, 2.45) is 0 Å². The van der Waals surface area contributed by atoms with E-state index in [0.29, 0.717) is 13.2 Å². The molecule has 2 atom stereocenters. The Hall–Kier alpha value is -2.41. The van der Waals surface area contributed by atoms with Gasteiger partial charge in [-0.15, -0.1) is 10.2 Å². The number of amides is 2. The number of nitrogens with zero attached hydrogens (tertiary/aromatic N) is 3. The van der Waals surface area contributed by atoms with Gasteiger partial charge >= 0.3 is 6.03 Å². The Morgan fingerprint density at radius 1 is 1.38 bits per heavy atom. The first-order chi connectivity index (χ1) is 11.8. The number of hydrogen-bond acceptors (Lipinski definition) is 4. The van der Waals surface area contributed by atoms with Crippen molar-refractivity contribution >= 4 is 6.03 Å². The standard InChI is InChI=1S/C17H23N5O2/c1-2-22-12-19-21-16(22)11-18-17(23)20-14-8-9-24-15(10-14)13-6-4-3-5-7-13/h3-7,12,14-15H,2,8-11H2,1H3,(H2,18,20,23)/t14-,15+/m1/s1. The lowest BCUT2D eigenvalue weighted by molar-refractivity contribution is 0.00225. The van der Waals surface area contributed by atoms with Gasteiger partial charge in [-0.2, -0.15) is 0 Å². The van der Waals surface area contributed by atoms with E-state index in [1.165, 1.54) is 0 Å². The summed E-state index contributed by atoms with van der Waals surface area (Å²) in [6.45, 7) is 3.81. The van der Waals surface area contributed by atoms with E-state index in [0.717, 1.165) is 30.8 Å².